The van der Waals surface area contributed by atoms with Crippen LogP contribution in [0.3, 0.4) is 0 Å². The number of hydrogen-bond donors (Lipinski definition) is 1. The molecule has 0 aromatic heterocycles. The Morgan fingerprint density at radius 3 is 2.39 bits per heavy atom. The summed E-state index contributed by atoms with van der Waals surface area (Å²) < 4.78 is 0. The first kappa shape index (κ1) is 14.6. The van der Waals surface area contributed by atoms with Crippen LogP contribution in [0.1, 0.15) is 36.7 Å². The molecule has 0 aliphatic rings. The van der Waals surface area contributed by atoms with Gasteiger partial charge in [-0.2, -0.15) is 0 Å². The Morgan fingerprint density at radius 1 is 1.28 bits per heavy atom. The summed E-state index contributed by atoms with van der Waals surface area (Å²) in [4.78, 5) is 13.6. The highest BCUT2D eigenvalue weighted by atomic mass is 16.2. The molecule has 100 valence electrons. The predicted molar refractivity (Wildman–Crippen MR) is 77.1 cm³/mol. The first-order valence-corrected chi connectivity index (χ1v) is 6.27. The molecule has 1 rings (SSSR count). The lowest BCUT2D eigenvalue weighted by Crippen LogP contribution is -2.24. The van der Waals surface area contributed by atoms with Gasteiger partial charge in [0.2, 0.25) is 0 Å². The molecule has 0 radical (unpaired) electrons. The molecule has 1 aromatic carbocycles. The fourth-order valence-corrected chi connectivity index (χ4v) is 1.66. The maximum atomic E-state index is 12.0. The van der Waals surface area contributed by atoms with Crippen LogP contribution in [0.2, 0.25) is 0 Å². The number of amides is 1. The van der Waals surface area contributed by atoms with Gasteiger partial charge < -0.3 is 10.2 Å². The largest absolute Gasteiger partial charge is 0.384 e. The smallest absolute Gasteiger partial charge is 0.253 e. The van der Waals surface area contributed by atoms with Crippen LogP contribution in [-0.4, -0.2) is 31.4 Å². The maximum Gasteiger partial charge on any atom is 0.253 e. The van der Waals surface area contributed by atoms with E-state index in [-0.39, 0.29) is 11.3 Å². The van der Waals surface area contributed by atoms with Gasteiger partial charge in [-0.15, -0.1) is 0 Å². The summed E-state index contributed by atoms with van der Waals surface area (Å²) >= 11 is 0. The summed E-state index contributed by atoms with van der Waals surface area (Å²) in [6.07, 6.45) is 0. The van der Waals surface area contributed by atoms with E-state index in [0.717, 1.165) is 23.4 Å². The lowest BCUT2D eigenvalue weighted by Gasteiger charge is -2.22. The number of nitrogens with one attached hydrogen (secondary N) is 1. The van der Waals surface area contributed by atoms with Crippen molar-refractivity contribution in [2.75, 3.05) is 26.0 Å². The summed E-state index contributed by atoms with van der Waals surface area (Å²) in [5, 5.41) is 3.42. The number of rotatable bonds is 3. The molecule has 3 heteroatoms. The molecule has 0 bridgehead atoms. The Morgan fingerprint density at radius 2 is 1.89 bits per heavy atom. The zero-order valence-corrected chi connectivity index (χ0v) is 12.3. The number of benzene rings is 1. The number of carbonyl (C=O) groups excluding carboxylic acids is 1. The molecule has 0 saturated carbocycles. The molecule has 0 aliphatic carbocycles. The zero-order valence-electron chi connectivity index (χ0n) is 12.3. The van der Waals surface area contributed by atoms with Gasteiger partial charge in [-0.25, -0.2) is 0 Å². The minimum atomic E-state index is 0.0481. The third kappa shape index (κ3) is 3.76. The number of anilines is 1. The molecule has 0 aliphatic heterocycles. The van der Waals surface area contributed by atoms with Crippen molar-refractivity contribution in [1.82, 2.24) is 4.90 Å². The second-order valence-corrected chi connectivity index (χ2v) is 6.09. The number of carbonyl (C=O) groups is 1. The second kappa shape index (κ2) is 5.42. The van der Waals surface area contributed by atoms with Crippen molar-refractivity contribution in [3.63, 3.8) is 0 Å². The molecular formula is C15H24N2O. The minimum absolute atomic E-state index is 0.0481. The van der Waals surface area contributed by atoms with Crippen LogP contribution in [0, 0.1) is 12.3 Å². The van der Waals surface area contributed by atoms with Crippen molar-refractivity contribution in [2.24, 2.45) is 5.41 Å². The quantitative estimate of drug-likeness (QED) is 0.891. The summed E-state index contributed by atoms with van der Waals surface area (Å²) in [6, 6.07) is 5.82. The average molecular weight is 248 g/mol. The summed E-state index contributed by atoms with van der Waals surface area (Å²) in [6.45, 7) is 9.42. The molecule has 18 heavy (non-hydrogen) atoms. The van der Waals surface area contributed by atoms with E-state index in [4.69, 9.17) is 0 Å². The minimum Gasteiger partial charge on any atom is -0.384 e. The van der Waals surface area contributed by atoms with Gasteiger partial charge in [0, 0.05) is 31.9 Å². The van der Waals surface area contributed by atoms with Crippen LogP contribution in [0.15, 0.2) is 18.2 Å². The van der Waals surface area contributed by atoms with Crippen molar-refractivity contribution < 1.29 is 4.79 Å². The van der Waals surface area contributed by atoms with Crippen molar-refractivity contribution in [2.45, 2.75) is 27.7 Å². The van der Waals surface area contributed by atoms with E-state index in [1.807, 2.05) is 25.1 Å². The molecule has 0 unspecified atom stereocenters. The highest BCUT2D eigenvalue weighted by Gasteiger charge is 2.15. The van der Waals surface area contributed by atoms with Gasteiger partial charge >= 0.3 is 0 Å². The standard InChI is InChI=1S/C15H24N2O/c1-11-12(14(18)17(5)6)8-7-9-13(11)16-10-15(2,3)4/h7-9,16H,10H2,1-6H3. The molecule has 0 heterocycles. The van der Waals surface area contributed by atoms with E-state index in [0.29, 0.717) is 0 Å². The first-order valence-electron chi connectivity index (χ1n) is 6.27. The van der Waals surface area contributed by atoms with Gasteiger partial charge in [-0.05, 0) is 30.0 Å². The van der Waals surface area contributed by atoms with Crippen LogP contribution < -0.4 is 5.32 Å². The van der Waals surface area contributed by atoms with E-state index in [9.17, 15) is 4.79 Å². The summed E-state index contributed by atoms with van der Waals surface area (Å²) in [5.74, 6) is 0.0481. The molecule has 0 spiro atoms. The van der Waals surface area contributed by atoms with E-state index >= 15 is 0 Å². The summed E-state index contributed by atoms with van der Waals surface area (Å²) in [7, 11) is 3.55. The normalized spacial score (nSPS) is 11.2. The predicted octanol–water partition coefficient (Wildman–Crippen LogP) is 3.15. The second-order valence-electron chi connectivity index (χ2n) is 6.09. The number of hydrogen-bond acceptors (Lipinski definition) is 2. The van der Waals surface area contributed by atoms with Gasteiger partial charge in [-0.3, -0.25) is 4.79 Å². The highest BCUT2D eigenvalue weighted by Crippen LogP contribution is 2.22. The van der Waals surface area contributed by atoms with E-state index < -0.39 is 0 Å². The molecule has 1 aromatic rings. The zero-order chi connectivity index (χ0) is 13.9. The fraction of sp³-hybridized carbons (Fsp3) is 0.533. The van der Waals surface area contributed by atoms with Gasteiger partial charge in [0.05, 0.1) is 0 Å². The van der Waals surface area contributed by atoms with E-state index in [1.54, 1.807) is 19.0 Å². The SMILES string of the molecule is Cc1c(NCC(C)(C)C)cccc1C(=O)N(C)C. The van der Waals surface area contributed by atoms with Crippen LogP contribution in [-0.2, 0) is 0 Å². The molecule has 1 amide bonds. The lowest BCUT2D eigenvalue weighted by atomic mass is 9.96. The first-order chi connectivity index (χ1) is 8.22. The monoisotopic (exact) mass is 248 g/mol. The molecule has 0 fully saturated rings. The van der Waals surface area contributed by atoms with E-state index in [1.165, 1.54) is 0 Å². The van der Waals surface area contributed by atoms with Crippen LogP contribution in [0.4, 0.5) is 5.69 Å². The van der Waals surface area contributed by atoms with Gasteiger partial charge in [0.25, 0.3) is 5.91 Å². The Balaban J connectivity index is 2.96. The third-order valence-electron chi connectivity index (χ3n) is 2.78. The lowest BCUT2D eigenvalue weighted by molar-refractivity contribution is 0.0827. The molecule has 0 saturated heterocycles. The Bertz CT molecular complexity index is 431. The maximum absolute atomic E-state index is 12.0. The molecular weight excluding hydrogens is 224 g/mol. The Labute approximate surface area is 110 Å². The average Bonchev–Trinajstić information content (AvgIpc) is 2.25. The fourth-order valence-electron chi connectivity index (χ4n) is 1.66. The van der Waals surface area contributed by atoms with Crippen molar-refractivity contribution in [3.05, 3.63) is 29.3 Å². The Kier molecular flexibility index (Phi) is 4.38. The van der Waals surface area contributed by atoms with Crippen LogP contribution >= 0.6 is 0 Å². The van der Waals surface area contributed by atoms with Crippen molar-refractivity contribution >= 4 is 11.6 Å². The number of nitrogens with zero attached hydrogens (tertiary/aromatic N) is 1. The van der Waals surface area contributed by atoms with E-state index in [2.05, 4.69) is 26.1 Å². The van der Waals surface area contributed by atoms with Crippen LogP contribution in [0.5, 0.6) is 0 Å². The molecule has 0 atom stereocenters. The summed E-state index contributed by atoms with van der Waals surface area (Å²) in [5.41, 5.74) is 3.03. The van der Waals surface area contributed by atoms with Gasteiger partial charge in [0.1, 0.15) is 0 Å². The Hall–Kier alpha value is -1.51. The van der Waals surface area contributed by atoms with Gasteiger partial charge in [-0.1, -0.05) is 26.8 Å². The molecule has 1 N–H and O–H groups in total. The van der Waals surface area contributed by atoms with Crippen molar-refractivity contribution in [1.29, 1.82) is 0 Å². The highest BCUT2D eigenvalue weighted by molar-refractivity contribution is 5.96. The van der Waals surface area contributed by atoms with Crippen LogP contribution in [0.25, 0.3) is 0 Å². The van der Waals surface area contributed by atoms with Gasteiger partial charge in [0.15, 0.2) is 0 Å². The van der Waals surface area contributed by atoms with Crippen molar-refractivity contribution in [3.8, 4) is 0 Å². The topological polar surface area (TPSA) is 32.3 Å². The molecule has 3 nitrogen and oxygen atoms in total. The third-order valence-corrected chi connectivity index (χ3v) is 2.78.